The summed E-state index contributed by atoms with van der Waals surface area (Å²) in [5, 5.41) is 15.5. The summed E-state index contributed by atoms with van der Waals surface area (Å²) in [6.45, 7) is 2.13. The van der Waals surface area contributed by atoms with Crippen LogP contribution in [0.3, 0.4) is 0 Å². The molecule has 1 aromatic heterocycles. The molecule has 132 valence electrons. The van der Waals surface area contributed by atoms with Crippen LogP contribution in [-0.2, 0) is 11.3 Å². The molecule has 1 amide bonds. The predicted molar refractivity (Wildman–Crippen MR) is 98.0 cm³/mol. The van der Waals surface area contributed by atoms with Gasteiger partial charge in [0.1, 0.15) is 6.54 Å². The van der Waals surface area contributed by atoms with E-state index in [0.29, 0.717) is 11.7 Å². The molecular weight excluding hydrogens is 326 g/mol. The summed E-state index contributed by atoms with van der Waals surface area (Å²) in [7, 11) is 0. The maximum Gasteiger partial charge on any atom is 0.244 e. The number of nitrogens with zero attached hydrogens (tertiary/aromatic N) is 4. The molecule has 6 nitrogen and oxygen atoms in total. The van der Waals surface area contributed by atoms with E-state index < -0.39 is 0 Å². The van der Waals surface area contributed by atoms with Crippen molar-refractivity contribution in [2.24, 2.45) is 5.92 Å². The Morgan fingerprint density at radius 1 is 1.15 bits per heavy atom. The highest BCUT2D eigenvalue weighted by molar-refractivity contribution is 5.76. The van der Waals surface area contributed by atoms with Crippen LogP contribution < -0.4 is 5.32 Å². The standard InChI is InChI=1S/C20H21N5O/c1-14-7-9-15(10-8-14)19(16-11-12-16)21-18(26)13-25-23-20(22-24-25)17-5-3-2-4-6-17/h2-10,16,19H,11-13H2,1H3,(H,21,26). The number of tetrazole rings is 1. The first-order valence-corrected chi connectivity index (χ1v) is 8.88. The van der Waals surface area contributed by atoms with Crippen molar-refractivity contribution in [2.75, 3.05) is 0 Å². The number of carbonyl (C=O) groups excluding carboxylic acids is 1. The number of carbonyl (C=O) groups is 1. The van der Waals surface area contributed by atoms with Gasteiger partial charge in [-0.3, -0.25) is 4.79 Å². The third-order valence-electron chi connectivity index (χ3n) is 4.62. The van der Waals surface area contributed by atoms with Crippen LogP contribution >= 0.6 is 0 Å². The quantitative estimate of drug-likeness (QED) is 0.744. The Bertz CT molecular complexity index is 884. The molecule has 26 heavy (non-hydrogen) atoms. The van der Waals surface area contributed by atoms with Crippen LogP contribution in [0.25, 0.3) is 11.4 Å². The lowest BCUT2D eigenvalue weighted by Gasteiger charge is -2.18. The van der Waals surface area contributed by atoms with E-state index in [-0.39, 0.29) is 18.5 Å². The van der Waals surface area contributed by atoms with Gasteiger partial charge in [0.25, 0.3) is 0 Å². The molecule has 2 aromatic carbocycles. The van der Waals surface area contributed by atoms with Crippen molar-refractivity contribution < 1.29 is 4.79 Å². The van der Waals surface area contributed by atoms with Crippen molar-refractivity contribution in [1.82, 2.24) is 25.5 Å². The molecule has 1 fully saturated rings. The van der Waals surface area contributed by atoms with Crippen molar-refractivity contribution in [2.45, 2.75) is 32.4 Å². The van der Waals surface area contributed by atoms with Crippen molar-refractivity contribution in [3.05, 3.63) is 65.7 Å². The highest BCUT2D eigenvalue weighted by atomic mass is 16.2. The fraction of sp³-hybridized carbons (Fsp3) is 0.300. The maximum absolute atomic E-state index is 12.5. The van der Waals surface area contributed by atoms with E-state index in [9.17, 15) is 4.79 Å². The SMILES string of the molecule is Cc1ccc(C(NC(=O)Cn2nnc(-c3ccccc3)n2)C2CC2)cc1. The fourth-order valence-corrected chi connectivity index (χ4v) is 3.04. The highest BCUT2D eigenvalue weighted by Crippen LogP contribution is 2.41. The van der Waals surface area contributed by atoms with Gasteiger partial charge in [-0.2, -0.15) is 4.80 Å². The van der Waals surface area contributed by atoms with E-state index in [4.69, 9.17) is 0 Å². The van der Waals surface area contributed by atoms with Gasteiger partial charge >= 0.3 is 0 Å². The zero-order valence-electron chi connectivity index (χ0n) is 14.7. The first-order valence-electron chi connectivity index (χ1n) is 8.88. The maximum atomic E-state index is 12.5. The third kappa shape index (κ3) is 3.79. The van der Waals surface area contributed by atoms with Crippen molar-refractivity contribution in [3.63, 3.8) is 0 Å². The van der Waals surface area contributed by atoms with Gasteiger partial charge in [0.05, 0.1) is 6.04 Å². The second kappa shape index (κ2) is 7.07. The normalized spacial score (nSPS) is 14.8. The van der Waals surface area contributed by atoms with E-state index >= 15 is 0 Å². The van der Waals surface area contributed by atoms with Crippen molar-refractivity contribution in [3.8, 4) is 11.4 Å². The van der Waals surface area contributed by atoms with Crippen molar-refractivity contribution in [1.29, 1.82) is 0 Å². The zero-order chi connectivity index (χ0) is 17.9. The number of hydrogen-bond acceptors (Lipinski definition) is 4. The van der Waals surface area contributed by atoms with Crippen LogP contribution in [0.1, 0.15) is 30.0 Å². The molecule has 1 aliphatic rings. The van der Waals surface area contributed by atoms with Crippen LogP contribution in [0.5, 0.6) is 0 Å². The molecule has 0 radical (unpaired) electrons. The van der Waals surface area contributed by atoms with Crippen LogP contribution in [0.4, 0.5) is 0 Å². The Balaban J connectivity index is 1.43. The molecule has 6 heteroatoms. The predicted octanol–water partition coefficient (Wildman–Crippen LogP) is 2.92. The number of rotatable bonds is 6. The van der Waals surface area contributed by atoms with Gasteiger partial charge in [-0.15, -0.1) is 10.2 Å². The monoisotopic (exact) mass is 347 g/mol. The first kappa shape index (κ1) is 16.4. The molecule has 1 atom stereocenters. The Labute approximate surface area is 152 Å². The summed E-state index contributed by atoms with van der Waals surface area (Å²) in [5.41, 5.74) is 3.26. The summed E-state index contributed by atoms with van der Waals surface area (Å²) in [6, 6.07) is 18.0. The smallest absolute Gasteiger partial charge is 0.244 e. The Kier molecular flexibility index (Phi) is 4.48. The second-order valence-corrected chi connectivity index (χ2v) is 6.80. The Morgan fingerprint density at radius 3 is 2.58 bits per heavy atom. The summed E-state index contributed by atoms with van der Waals surface area (Å²) in [5.74, 6) is 0.945. The molecule has 1 N–H and O–H groups in total. The number of benzene rings is 2. The van der Waals surface area contributed by atoms with Gasteiger partial charge in [0.15, 0.2) is 0 Å². The van der Waals surface area contributed by atoms with Gasteiger partial charge in [-0.05, 0) is 36.5 Å². The highest BCUT2D eigenvalue weighted by Gasteiger charge is 2.33. The van der Waals surface area contributed by atoms with E-state index in [0.717, 1.165) is 24.0 Å². The van der Waals surface area contributed by atoms with E-state index in [2.05, 4.69) is 51.9 Å². The second-order valence-electron chi connectivity index (χ2n) is 6.80. The molecule has 1 heterocycles. The van der Waals surface area contributed by atoms with Gasteiger partial charge in [-0.25, -0.2) is 0 Å². The van der Waals surface area contributed by atoms with Gasteiger partial charge in [0.2, 0.25) is 11.7 Å². The van der Waals surface area contributed by atoms with E-state index in [1.54, 1.807) is 0 Å². The third-order valence-corrected chi connectivity index (χ3v) is 4.62. The summed E-state index contributed by atoms with van der Waals surface area (Å²) < 4.78 is 0. The minimum absolute atomic E-state index is 0.0558. The molecule has 1 aliphatic carbocycles. The molecular formula is C20H21N5O. The van der Waals surface area contributed by atoms with Crippen LogP contribution in [0.2, 0.25) is 0 Å². The lowest BCUT2D eigenvalue weighted by molar-refractivity contribution is -0.123. The van der Waals surface area contributed by atoms with Gasteiger partial charge in [-0.1, -0.05) is 60.2 Å². The molecule has 1 unspecified atom stereocenters. The zero-order valence-corrected chi connectivity index (χ0v) is 14.7. The summed E-state index contributed by atoms with van der Waals surface area (Å²) in [4.78, 5) is 13.8. The molecule has 1 saturated carbocycles. The Morgan fingerprint density at radius 2 is 1.88 bits per heavy atom. The topological polar surface area (TPSA) is 72.7 Å². The minimum Gasteiger partial charge on any atom is -0.347 e. The molecule has 3 aromatic rings. The average molecular weight is 347 g/mol. The van der Waals surface area contributed by atoms with Gasteiger partial charge < -0.3 is 5.32 Å². The first-order chi connectivity index (χ1) is 12.7. The number of aryl methyl sites for hydroxylation is 1. The van der Waals surface area contributed by atoms with Crippen LogP contribution in [0, 0.1) is 12.8 Å². The summed E-state index contributed by atoms with van der Waals surface area (Å²) >= 11 is 0. The van der Waals surface area contributed by atoms with Crippen LogP contribution in [-0.4, -0.2) is 26.1 Å². The van der Waals surface area contributed by atoms with Crippen molar-refractivity contribution >= 4 is 5.91 Å². The number of amides is 1. The lowest BCUT2D eigenvalue weighted by atomic mass is 10.0. The summed E-state index contributed by atoms with van der Waals surface area (Å²) in [6.07, 6.45) is 2.30. The van der Waals surface area contributed by atoms with E-state index in [1.807, 2.05) is 30.3 Å². The molecule has 0 bridgehead atoms. The fourth-order valence-electron chi connectivity index (χ4n) is 3.04. The molecule has 0 spiro atoms. The average Bonchev–Trinajstić information content (AvgIpc) is 3.40. The largest absolute Gasteiger partial charge is 0.347 e. The number of aromatic nitrogens is 4. The number of nitrogens with one attached hydrogen (secondary N) is 1. The molecule has 0 aliphatic heterocycles. The van der Waals surface area contributed by atoms with E-state index in [1.165, 1.54) is 10.4 Å². The Hall–Kier alpha value is -3.02. The minimum atomic E-state index is -0.0977. The van der Waals surface area contributed by atoms with Crippen LogP contribution in [0.15, 0.2) is 54.6 Å². The van der Waals surface area contributed by atoms with Gasteiger partial charge in [0, 0.05) is 5.56 Å². The molecule has 4 rings (SSSR count). The molecule has 0 saturated heterocycles. The lowest BCUT2D eigenvalue weighted by Crippen LogP contribution is -2.33. The number of hydrogen-bond donors (Lipinski definition) is 1.